The summed E-state index contributed by atoms with van der Waals surface area (Å²) in [6.07, 6.45) is 0. The van der Waals surface area contributed by atoms with E-state index in [-0.39, 0.29) is 11.6 Å². The fourth-order valence-corrected chi connectivity index (χ4v) is 1.30. The van der Waals surface area contributed by atoms with Crippen LogP contribution in [0, 0.1) is 5.82 Å². The first-order chi connectivity index (χ1) is 7.85. The Morgan fingerprint density at radius 3 is 2.41 bits per heavy atom. The summed E-state index contributed by atoms with van der Waals surface area (Å²) in [7, 11) is 1.61. The third-order valence-electron chi connectivity index (χ3n) is 2.75. The Labute approximate surface area is 103 Å². The lowest BCUT2D eigenvalue weighted by Gasteiger charge is -2.23. The zero-order chi connectivity index (χ0) is 13.1. The van der Waals surface area contributed by atoms with E-state index in [2.05, 4.69) is 0 Å². The van der Waals surface area contributed by atoms with Crippen molar-refractivity contribution in [1.82, 2.24) is 0 Å². The SMILES string of the molecule is COC(C)(C)COc1ccc(C(C)C)cc1F. The number of methoxy groups -OCH3 is 1. The second-order valence-corrected chi connectivity index (χ2v) is 5.10. The van der Waals surface area contributed by atoms with Gasteiger partial charge < -0.3 is 9.47 Å². The van der Waals surface area contributed by atoms with Crippen LogP contribution in [-0.4, -0.2) is 19.3 Å². The first-order valence-corrected chi connectivity index (χ1v) is 5.83. The van der Waals surface area contributed by atoms with Gasteiger partial charge in [-0.3, -0.25) is 0 Å². The second-order valence-electron chi connectivity index (χ2n) is 5.10. The molecule has 96 valence electrons. The Bertz CT molecular complexity index is 372. The maximum atomic E-state index is 13.7. The molecule has 0 bridgehead atoms. The number of halogens is 1. The van der Waals surface area contributed by atoms with E-state index in [1.54, 1.807) is 13.2 Å². The van der Waals surface area contributed by atoms with Crippen molar-refractivity contribution in [1.29, 1.82) is 0 Å². The fourth-order valence-electron chi connectivity index (χ4n) is 1.30. The van der Waals surface area contributed by atoms with Crippen LogP contribution in [0.2, 0.25) is 0 Å². The van der Waals surface area contributed by atoms with Gasteiger partial charge in [0.1, 0.15) is 6.61 Å². The maximum absolute atomic E-state index is 13.7. The van der Waals surface area contributed by atoms with Crippen LogP contribution in [0.3, 0.4) is 0 Å². The Morgan fingerprint density at radius 1 is 1.29 bits per heavy atom. The van der Waals surface area contributed by atoms with Gasteiger partial charge in [0.25, 0.3) is 0 Å². The minimum atomic E-state index is -0.414. The standard InChI is InChI=1S/C14H21FO2/c1-10(2)11-6-7-13(12(15)8-11)17-9-14(3,4)16-5/h6-8,10H,9H2,1-5H3. The van der Waals surface area contributed by atoms with Crippen LogP contribution in [0.4, 0.5) is 4.39 Å². The van der Waals surface area contributed by atoms with Gasteiger partial charge >= 0.3 is 0 Å². The van der Waals surface area contributed by atoms with Gasteiger partial charge in [0, 0.05) is 7.11 Å². The lowest BCUT2D eigenvalue weighted by atomic mass is 10.0. The highest BCUT2D eigenvalue weighted by Crippen LogP contribution is 2.23. The van der Waals surface area contributed by atoms with Crippen molar-refractivity contribution in [3.63, 3.8) is 0 Å². The zero-order valence-electron chi connectivity index (χ0n) is 11.2. The molecule has 1 rings (SSSR count). The third-order valence-corrected chi connectivity index (χ3v) is 2.75. The molecule has 0 radical (unpaired) electrons. The summed E-state index contributed by atoms with van der Waals surface area (Å²) in [5.74, 6) is 0.275. The molecule has 0 saturated carbocycles. The molecular weight excluding hydrogens is 219 g/mol. The molecule has 0 aliphatic carbocycles. The lowest BCUT2D eigenvalue weighted by molar-refractivity contribution is -0.0155. The summed E-state index contributed by atoms with van der Waals surface area (Å²) in [5, 5.41) is 0. The van der Waals surface area contributed by atoms with Gasteiger partial charge in [-0.1, -0.05) is 19.9 Å². The van der Waals surface area contributed by atoms with E-state index in [9.17, 15) is 4.39 Å². The molecule has 0 unspecified atom stereocenters. The molecule has 0 amide bonds. The van der Waals surface area contributed by atoms with E-state index < -0.39 is 5.60 Å². The number of hydrogen-bond donors (Lipinski definition) is 0. The van der Waals surface area contributed by atoms with E-state index in [1.165, 1.54) is 6.07 Å². The first-order valence-electron chi connectivity index (χ1n) is 5.83. The predicted octanol–water partition coefficient (Wildman–Crippen LogP) is 3.75. The van der Waals surface area contributed by atoms with Gasteiger partial charge in [-0.25, -0.2) is 4.39 Å². The highest BCUT2D eigenvalue weighted by Gasteiger charge is 2.18. The van der Waals surface area contributed by atoms with Crippen LogP contribution < -0.4 is 4.74 Å². The highest BCUT2D eigenvalue weighted by molar-refractivity contribution is 5.30. The van der Waals surface area contributed by atoms with Crippen molar-refractivity contribution in [2.75, 3.05) is 13.7 Å². The summed E-state index contributed by atoms with van der Waals surface area (Å²) >= 11 is 0. The first kappa shape index (κ1) is 14.0. The smallest absolute Gasteiger partial charge is 0.165 e. The van der Waals surface area contributed by atoms with Crippen molar-refractivity contribution in [2.45, 2.75) is 39.2 Å². The summed E-state index contributed by atoms with van der Waals surface area (Å²) in [6.45, 7) is 8.18. The van der Waals surface area contributed by atoms with Gasteiger partial charge in [-0.2, -0.15) is 0 Å². The van der Waals surface area contributed by atoms with Crippen LogP contribution >= 0.6 is 0 Å². The van der Waals surface area contributed by atoms with Crippen molar-refractivity contribution < 1.29 is 13.9 Å². The second kappa shape index (κ2) is 5.50. The van der Waals surface area contributed by atoms with E-state index in [0.717, 1.165) is 5.56 Å². The van der Waals surface area contributed by atoms with E-state index in [4.69, 9.17) is 9.47 Å². The Morgan fingerprint density at radius 2 is 1.94 bits per heavy atom. The number of ether oxygens (including phenoxy) is 2. The highest BCUT2D eigenvalue weighted by atomic mass is 19.1. The molecule has 0 aromatic heterocycles. The number of rotatable bonds is 5. The van der Waals surface area contributed by atoms with Crippen molar-refractivity contribution in [2.24, 2.45) is 0 Å². The lowest BCUT2D eigenvalue weighted by Crippen LogP contribution is -2.30. The molecular formula is C14H21FO2. The summed E-state index contributed by atoms with van der Waals surface area (Å²) < 4.78 is 24.4. The molecule has 0 aliphatic rings. The monoisotopic (exact) mass is 240 g/mol. The average molecular weight is 240 g/mol. The van der Waals surface area contributed by atoms with E-state index >= 15 is 0 Å². The molecule has 0 fully saturated rings. The van der Waals surface area contributed by atoms with Crippen molar-refractivity contribution in [3.05, 3.63) is 29.6 Å². The average Bonchev–Trinajstić information content (AvgIpc) is 2.27. The molecule has 2 nitrogen and oxygen atoms in total. The number of hydrogen-bond acceptors (Lipinski definition) is 2. The molecule has 0 atom stereocenters. The van der Waals surface area contributed by atoms with E-state index in [0.29, 0.717) is 12.5 Å². The normalized spacial score (nSPS) is 11.9. The summed E-state index contributed by atoms with van der Waals surface area (Å²) in [5.41, 5.74) is 0.559. The van der Waals surface area contributed by atoms with Crippen LogP contribution in [0.25, 0.3) is 0 Å². The van der Waals surface area contributed by atoms with Gasteiger partial charge in [0.2, 0.25) is 0 Å². The molecule has 3 heteroatoms. The Kier molecular flexibility index (Phi) is 4.52. The van der Waals surface area contributed by atoms with Crippen LogP contribution in [0.5, 0.6) is 5.75 Å². The maximum Gasteiger partial charge on any atom is 0.165 e. The molecule has 0 saturated heterocycles. The Balaban J connectivity index is 2.73. The van der Waals surface area contributed by atoms with Crippen molar-refractivity contribution in [3.8, 4) is 5.75 Å². The van der Waals surface area contributed by atoms with Gasteiger partial charge in [0.05, 0.1) is 5.60 Å². The number of benzene rings is 1. The molecule has 0 spiro atoms. The predicted molar refractivity (Wildman–Crippen MR) is 67.1 cm³/mol. The summed E-state index contributed by atoms with van der Waals surface area (Å²) in [6, 6.07) is 5.10. The van der Waals surface area contributed by atoms with Crippen LogP contribution in [0.15, 0.2) is 18.2 Å². The van der Waals surface area contributed by atoms with Gasteiger partial charge in [0.15, 0.2) is 11.6 Å². The zero-order valence-corrected chi connectivity index (χ0v) is 11.2. The van der Waals surface area contributed by atoms with Crippen molar-refractivity contribution >= 4 is 0 Å². The molecule has 0 aliphatic heterocycles. The molecule has 1 aromatic carbocycles. The Hall–Kier alpha value is -1.09. The minimum Gasteiger partial charge on any atom is -0.488 e. The molecule has 0 N–H and O–H groups in total. The molecule has 0 heterocycles. The third kappa shape index (κ3) is 4.00. The molecule has 17 heavy (non-hydrogen) atoms. The fraction of sp³-hybridized carbons (Fsp3) is 0.571. The minimum absolute atomic E-state index is 0.277. The topological polar surface area (TPSA) is 18.5 Å². The van der Waals surface area contributed by atoms with Crippen LogP contribution in [-0.2, 0) is 4.74 Å². The quantitative estimate of drug-likeness (QED) is 0.780. The van der Waals surface area contributed by atoms with Crippen LogP contribution in [0.1, 0.15) is 39.2 Å². The molecule has 1 aromatic rings. The summed E-state index contributed by atoms with van der Waals surface area (Å²) in [4.78, 5) is 0. The van der Waals surface area contributed by atoms with Gasteiger partial charge in [-0.05, 0) is 37.5 Å². The largest absolute Gasteiger partial charge is 0.488 e. The van der Waals surface area contributed by atoms with E-state index in [1.807, 2.05) is 33.8 Å². The van der Waals surface area contributed by atoms with Gasteiger partial charge in [-0.15, -0.1) is 0 Å².